The van der Waals surface area contributed by atoms with Crippen molar-refractivity contribution in [1.29, 1.82) is 0 Å². The zero-order chi connectivity index (χ0) is 24.7. The zero-order valence-electron chi connectivity index (χ0n) is 20.3. The number of ketones is 1. The lowest BCUT2D eigenvalue weighted by Gasteiger charge is -2.28. The first-order valence-corrected chi connectivity index (χ1v) is 12.6. The van der Waals surface area contributed by atoms with Gasteiger partial charge in [0.15, 0.2) is 11.5 Å². The second-order valence-electron chi connectivity index (χ2n) is 8.86. The average Bonchev–Trinajstić information content (AvgIpc) is 3.36. The van der Waals surface area contributed by atoms with E-state index in [0.29, 0.717) is 22.9 Å². The number of amides is 1. The minimum absolute atomic E-state index is 0.0374. The topological polar surface area (TPSA) is 74.0 Å². The van der Waals surface area contributed by atoms with Crippen molar-refractivity contribution in [3.8, 4) is 0 Å². The van der Waals surface area contributed by atoms with Crippen molar-refractivity contribution in [3.05, 3.63) is 69.8 Å². The smallest absolute Gasteiger partial charge is 0.290 e. The number of carbonyl (C=O) groups is 2. The van der Waals surface area contributed by atoms with Crippen LogP contribution in [0.1, 0.15) is 73.9 Å². The number of halogens is 1. The van der Waals surface area contributed by atoms with Gasteiger partial charge in [-0.05, 0) is 75.6 Å². The van der Waals surface area contributed by atoms with E-state index in [4.69, 9.17) is 16.0 Å². The first-order valence-electron chi connectivity index (χ1n) is 12.2. The highest BCUT2D eigenvalue weighted by Gasteiger charge is 2.44. The van der Waals surface area contributed by atoms with E-state index in [9.17, 15) is 14.7 Å². The lowest BCUT2D eigenvalue weighted by molar-refractivity contribution is -0.129. The van der Waals surface area contributed by atoms with Gasteiger partial charge in [0.25, 0.3) is 5.91 Å². The highest BCUT2D eigenvalue weighted by atomic mass is 35.5. The normalized spacial score (nSPS) is 16.2. The highest BCUT2D eigenvalue weighted by Crippen LogP contribution is 2.39. The number of hydrogen-bond acceptors (Lipinski definition) is 5. The Morgan fingerprint density at radius 1 is 1.09 bits per heavy atom. The van der Waals surface area contributed by atoms with Crippen molar-refractivity contribution in [2.24, 2.45) is 0 Å². The van der Waals surface area contributed by atoms with Crippen LogP contribution >= 0.6 is 11.6 Å². The lowest BCUT2D eigenvalue weighted by Crippen LogP contribution is -2.35. The number of carbonyl (C=O) groups excluding carboxylic acids is 2. The van der Waals surface area contributed by atoms with Gasteiger partial charge in [0.05, 0.1) is 11.6 Å². The quantitative estimate of drug-likeness (QED) is 0.345. The molecule has 0 spiro atoms. The third-order valence-electron chi connectivity index (χ3n) is 6.21. The van der Waals surface area contributed by atoms with Gasteiger partial charge in [0.2, 0.25) is 5.78 Å². The van der Waals surface area contributed by atoms with Crippen LogP contribution in [0.4, 0.5) is 0 Å². The molecule has 2 aromatic rings. The number of aliphatic hydroxyl groups is 1. The third-order valence-corrected chi connectivity index (χ3v) is 6.44. The minimum atomic E-state index is -0.719. The Kier molecular flexibility index (Phi) is 9.36. The summed E-state index contributed by atoms with van der Waals surface area (Å²) in [6.07, 6.45) is 5.30. The summed E-state index contributed by atoms with van der Waals surface area (Å²) in [6, 6.07) is 9.63. The Labute approximate surface area is 207 Å². The molecule has 3 rings (SSSR count). The zero-order valence-corrected chi connectivity index (χ0v) is 21.1. The molecule has 0 radical (unpaired) electrons. The molecule has 1 aromatic heterocycles. The number of aliphatic hydroxyl groups excluding tert-OH is 1. The monoisotopic (exact) mass is 486 g/mol. The van der Waals surface area contributed by atoms with Gasteiger partial charge in [-0.2, -0.15) is 0 Å². The molecular weight excluding hydrogens is 452 g/mol. The van der Waals surface area contributed by atoms with Crippen molar-refractivity contribution in [3.63, 3.8) is 0 Å². The summed E-state index contributed by atoms with van der Waals surface area (Å²) in [4.78, 5) is 30.5. The summed E-state index contributed by atoms with van der Waals surface area (Å²) in [6.45, 7) is 9.46. The number of nitrogens with zero attached hydrogens (tertiary/aromatic N) is 2. The molecule has 6 nitrogen and oxygen atoms in total. The molecule has 34 heavy (non-hydrogen) atoms. The molecule has 0 saturated heterocycles. The Morgan fingerprint density at radius 3 is 2.35 bits per heavy atom. The van der Waals surface area contributed by atoms with Gasteiger partial charge < -0.3 is 19.3 Å². The van der Waals surface area contributed by atoms with Crippen LogP contribution in [-0.2, 0) is 4.79 Å². The molecule has 1 atom stereocenters. The number of unbranched alkanes of at least 4 members (excludes halogenated alkanes) is 2. The summed E-state index contributed by atoms with van der Waals surface area (Å²) in [5, 5.41) is 11.3. The molecular formula is C27H35ClN2O4. The van der Waals surface area contributed by atoms with E-state index in [1.807, 2.05) is 6.07 Å². The Hall–Kier alpha value is -2.57. The molecule has 1 aromatic carbocycles. The first-order chi connectivity index (χ1) is 16.4. The Balaban J connectivity index is 1.84. The van der Waals surface area contributed by atoms with Crippen LogP contribution in [0.5, 0.6) is 0 Å². The summed E-state index contributed by atoms with van der Waals surface area (Å²) in [5.74, 6) is -0.851. The molecule has 7 heteroatoms. The molecule has 0 saturated carbocycles. The second kappa shape index (κ2) is 12.2. The van der Waals surface area contributed by atoms with Crippen LogP contribution in [0, 0.1) is 6.92 Å². The fourth-order valence-electron chi connectivity index (χ4n) is 4.39. The summed E-state index contributed by atoms with van der Waals surface area (Å²) < 4.78 is 5.51. The van der Waals surface area contributed by atoms with Crippen molar-refractivity contribution in [2.45, 2.75) is 58.9 Å². The molecule has 2 heterocycles. The molecule has 0 bridgehead atoms. The van der Waals surface area contributed by atoms with Crippen molar-refractivity contribution in [2.75, 3.05) is 26.2 Å². The molecule has 0 aliphatic carbocycles. The summed E-state index contributed by atoms with van der Waals surface area (Å²) >= 11 is 6.24. The van der Waals surface area contributed by atoms with Crippen LogP contribution in [0.3, 0.4) is 0 Å². The molecule has 184 valence electrons. The van der Waals surface area contributed by atoms with Crippen molar-refractivity contribution >= 4 is 23.3 Å². The van der Waals surface area contributed by atoms with Crippen LogP contribution in [0.15, 0.2) is 52.1 Å². The van der Waals surface area contributed by atoms with E-state index in [1.165, 1.54) is 0 Å². The SMILES string of the molecule is CCCCN(CCCC)CCCN1C(=O)C(O)=C(C(=O)c2ccc(C)o2)[C@H]1c1cccc(Cl)c1. The number of aryl methyl sites for hydroxylation is 1. The Bertz CT molecular complexity index is 1020. The molecule has 1 N–H and O–H groups in total. The first kappa shape index (κ1) is 26.0. The maximum absolute atomic E-state index is 13.3. The number of hydrogen-bond donors (Lipinski definition) is 1. The number of furan rings is 1. The van der Waals surface area contributed by atoms with E-state index in [-0.39, 0.29) is 11.3 Å². The van der Waals surface area contributed by atoms with Gasteiger partial charge in [-0.15, -0.1) is 0 Å². The molecule has 0 fully saturated rings. The molecule has 1 aliphatic heterocycles. The summed E-state index contributed by atoms with van der Waals surface area (Å²) in [5.41, 5.74) is 0.723. The van der Waals surface area contributed by atoms with Crippen LogP contribution in [0.25, 0.3) is 0 Å². The maximum atomic E-state index is 13.3. The van der Waals surface area contributed by atoms with Gasteiger partial charge in [0.1, 0.15) is 5.76 Å². The fourth-order valence-corrected chi connectivity index (χ4v) is 4.59. The van der Waals surface area contributed by atoms with E-state index in [0.717, 1.165) is 51.7 Å². The Morgan fingerprint density at radius 2 is 1.76 bits per heavy atom. The van der Waals surface area contributed by atoms with E-state index in [1.54, 1.807) is 42.2 Å². The number of benzene rings is 1. The van der Waals surface area contributed by atoms with Crippen LogP contribution in [0.2, 0.25) is 5.02 Å². The van der Waals surface area contributed by atoms with E-state index in [2.05, 4.69) is 18.7 Å². The number of rotatable bonds is 13. The van der Waals surface area contributed by atoms with Crippen molar-refractivity contribution in [1.82, 2.24) is 9.80 Å². The predicted molar refractivity (Wildman–Crippen MR) is 134 cm³/mol. The van der Waals surface area contributed by atoms with Gasteiger partial charge in [-0.1, -0.05) is 50.4 Å². The second-order valence-corrected chi connectivity index (χ2v) is 9.30. The molecule has 1 amide bonds. The van der Waals surface area contributed by atoms with Crippen LogP contribution in [-0.4, -0.2) is 52.8 Å². The standard InChI is InChI=1S/C27H35ClN2O4/c1-4-6-14-29(15-7-5-2)16-9-17-30-24(20-10-8-11-21(28)18-20)23(26(32)27(30)33)25(31)22-13-12-19(3)34-22/h8,10-13,18,24,32H,4-7,9,14-17H2,1-3H3/t24-/m1/s1. The van der Waals surface area contributed by atoms with Gasteiger partial charge in [-0.3, -0.25) is 9.59 Å². The number of Topliss-reactive ketones (excluding diaryl/α,β-unsaturated/α-hetero) is 1. The van der Waals surface area contributed by atoms with E-state index >= 15 is 0 Å². The minimum Gasteiger partial charge on any atom is -0.503 e. The predicted octanol–water partition coefficient (Wildman–Crippen LogP) is 6.11. The van der Waals surface area contributed by atoms with Gasteiger partial charge in [-0.25, -0.2) is 0 Å². The average molecular weight is 487 g/mol. The highest BCUT2D eigenvalue weighted by molar-refractivity contribution is 6.30. The van der Waals surface area contributed by atoms with E-state index < -0.39 is 23.5 Å². The molecule has 0 unspecified atom stereocenters. The molecule has 1 aliphatic rings. The largest absolute Gasteiger partial charge is 0.503 e. The fraction of sp³-hybridized carbons (Fsp3) is 0.481. The van der Waals surface area contributed by atoms with Crippen LogP contribution < -0.4 is 0 Å². The summed E-state index contributed by atoms with van der Waals surface area (Å²) in [7, 11) is 0. The van der Waals surface area contributed by atoms with Gasteiger partial charge in [0, 0.05) is 11.6 Å². The third kappa shape index (κ3) is 6.10. The van der Waals surface area contributed by atoms with Gasteiger partial charge >= 0.3 is 0 Å². The maximum Gasteiger partial charge on any atom is 0.290 e. The lowest BCUT2D eigenvalue weighted by atomic mass is 9.95. The van der Waals surface area contributed by atoms with Crippen molar-refractivity contribution < 1.29 is 19.1 Å².